The minimum atomic E-state index is -0.676. The van der Waals surface area contributed by atoms with E-state index in [1.54, 1.807) is 6.08 Å². The van der Waals surface area contributed by atoms with E-state index < -0.39 is 5.95 Å². The first kappa shape index (κ1) is 14.2. The normalized spacial score (nSPS) is 18.2. The molecule has 17 heavy (non-hydrogen) atoms. The largest absolute Gasteiger partial charge is 0.354 e. The lowest BCUT2D eigenvalue weighted by Crippen LogP contribution is -2.48. The van der Waals surface area contributed by atoms with Gasteiger partial charge in [-0.15, -0.1) is 11.6 Å². The summed E-state index contributed by atoms with van der Waals surface area (Å²) in [5.74, 6) is 0.584. The molecule has 3 nitrogen and oxygen atoms in total. The van der Waals surface area contributed by atoms with Crippen molar-refractivity contribution < 1.29 is 4.39 Å². The van der Waals surface area contributed by atoms with Crippen LogP contribution in [0.25, 0.3) is 0 Å². The summed E-state index contributed by atoms with van der Waals surface area (Å²) in [6, 6.07) is 0. The predicted octanol–water partition coefficient (Wildman–Crippen LogP) is 2.26. The maximum absolute atomic E-state index is 12.7. The van der Waals surface area contributed by atoms with Crippen LogP contribution in [0.1, 0.15) is 6.42 Å². The highest BCUT2D eigenvalue weighted by atomic mass is 35.5. The second kappa shape index (κ2) is 7.45. The molecule has 1 fully saturated rings. The van der Waals surface area contributed by atoms with Gasteiger partial charge in [-0.05, 0) is 25.6 Å². The quantitative estimate of drug-likeness (QED) is 0.326. The van der Waals surface area contributed by atoms with E-state index in [9.17, 15) is 4.39 Å². The fourth-order valence-electron chi connectivity index (χ4n) is 1.85. The van der Waals surface area contributed by atoms with Crippen molar-refractivity contribution in [3.63, 3.8) is 0 Å². The van der Waals surface area contributed by atoms with E-state index in [0.717, 1.165) is 39.1 Å². The van der Waals surface area contributed by atoms with Crippen LogP contribution in [0.3, 0.4) is 0 Å². The maximum atomic E-state index is 12.7. The Hall–Kier alpha value is -0.870. The number of hydrogen-bond donors (Lipinski definition) is 0. The van der Waals surface area contributed by atoms with Crippen molar-refractivity contribution in [2.24, 2.45) is 4.99 Å². The number of hydrogen-bond acceptors (Lipinski definition) is 2. The van der Waals surface area contributed by atoms with Gasteiger partial charge in [0.15, 0.2) is 0 Å². The van der Waals surface area contributed by atoms with Crippen molar-refractivity contribution >= 4 is 17.4 Å². The molecule has 0 bridgehead atoms. The summed E-state index contributed by atoms with van der Waals surface area (Å²) in [7, 11) is 0. The minimum absolute atomic E-state index is 0.564. The number of alkyl halides is 1. The summed E-state index contributed by atoms with van der Waals surface area (Å²) in [4.78, 5) is 8.10. The molecule has 0 N–H and O–H groups in total. The first-order valence-electron chi connectivity index (χ1n) is 5.76. The van der Waals surface area contributed by atoms with Crippen LogP contribution < -0.4 is 0 Å². The predicted molar refractivity (Wildman–Crippen MR) is 71.2 cm³/mol. The highest BCUT2D eigenvalue weighted by Gasteiger charge is 2.17. The van der Waals surface area contributed by atoms with Crippen LogP contribution in [0.2, 0.25) is 0 Å². The van der Waals surface area contributed by atoms with E-state index in [1.165, 1.54) is 0 Å². The number of aliphatic imine (C=N–C) groups is 1. The van der Waals surface area contributed by atoms with Crippen LogP contribution in [0, 0.1) is 0 Å². The third-order valence-electron chi connectivity index (χ3n) is 2.72. The molecule has 1 aliphatic rings. The second-order valence-electron chi connectivity index (χ2n) is 3.92. The van der Waals surface area contributed by atoms with Gasteiger partial charge in [0.2, 0.25) is 5.95 Å². The number of rotatable bonds is 5. The van der Waals surface area contributed by atoms with Crippen LogP contribution in [-0.2, 0) is 0 Å². The molecule has 1 heterocycles. The zero-order valence-corrected chi connectivity index (χ0v) is 10.8. The molecule has 1 saturated heterocycles. The standard InChI is InChI=1S/C12H19ClFN3/c1-3-12(15-11(2)14)17-9-7-16(8-10-17)6-4-5-13/h3H,1-2,4-10H2/b15-12+. The first-order chi connectivity index (χ1) is 8.17. The summed E-state index contributed by atoms with van der Waals surface area (Å²) < 4.78 is 12.7. The number of halogens is 2. The molecule has 0 aromatic rings. The van der Waals surface area contributed by atoms with Gasteiger partial charge in [-0.25, -0.2) is 4.99 Å². The summed E-state index contributed by atoms with van der Waals surface area (Å²) in [6.45, 7) is 11.4. The van der Waals surface area contributed by atoms with Gasteiger partial charge >= 0.3 is 0 Å². The van der Waals surface area contributed by atoms with Crippen LogP contribution in [0.5, 0.6) is 0 Å². The van der Waals surface area contributed by atoms with Crippen molar-refractivity contribution in [2.45, 2.75) is 6.42 Å². The topological polar surface area (TPSA) is 18.8 Å². The van der Waals surface area contributed by atoms with Gasteiger partial charge in [0.25, 0.3) is 0 Å². The average Bonchev–Trinajstić information content (AvgIpc) is 2.34. The molecule has 0 atom stereocenters. The Morgan fingerprint density at radius 1 is 1.35 bits per heavy atom. The molecular weight excluding hydrogens is 241 g/mol. The van der Waals surface area contributed by atoms with Gasteiger partial charge in [0.05, 0.1) is 0 Å². The van der Waals surface area contributed by atoms with Crippen LogP contribution in [0.4, 0.5) is 4.39 Å². The maximum Gasteiger partial charge on any atom is 0.207 e. The van der Waals surface area contributed by atoms with Gasteiger partial charge in [-0.2, -0.15) is 4.39 Å². The molecular formula is C12H19ClFN3. The Kier molecular flexibility index (Phi) is 6.22. The Morgan fingerprint density at radius 3 is 2.47 bits per heavy atom. The Balaban J connectivity index is 2.45. The molecule has 0 radical (unpaired) electrons. The molecule has 1 rings (SSSR count). The van der Waals surface area contributed by atoms with Gasteiger partial charge in [-0.3, -0.25) is 4.90 Å². The summed E-state index contributed by atoms with van der Waals surface area (Å²) in [5, 5.41) is 0. The van der Waals surface area contributed by atoms with Gasteiger partial charge in [0, 0.05) is 32.1 Å². The fraction of sp³-hybridized carbons (Fsp3) is 0.583. The van der Waals surface area contributed by atoms with Gasteiger partial charge in [-0.1, -0.05) is 6.58 Å². The van der Waals surface area contributed by atoms with Crippen molar-refractivity contribution in [1.82, 2.24) is 9.80 Å². The van der Waals surface area contributed by atoms with E-state index in [1.807, 2.05) is 4.90 Å². The summed E-state index contributed by atoms with van der Waals surface area (Å²) >= 11 is 5.66. The lowest BCUT2D eigenvalue weighted by molar-refractivity contribution is 0.183. The van der Waals surface area contributed by atoms with E-state index >= 15 is 0 Å². The summed E-state index contributed by atoms with van der Waals surface area (Å²) in [6.07, 6.45) is 2.57. The van der Waals surface area contributed by atoms with Crippen molar-refractivity contribution in [3.05, 3.63) is 25.2 Å². The third-order valence-corrected chi connectivity index (χ3v) is 2.99. The number of nitrogens with zero attached hydrogens (tertiary/aromatic N) is 3. The average molecular weight is 260 g/mol. The zero-order valence-electron chi connectivity index (χ0n) is 10.0. The second-order valence-corrected chi connectivity index (χ2v) is 4.30. The SMILES string of the molecule is C=C/C(=N\C(=C)F)N1CCN(CCCCl)CC1. The lowest BCUT2D eigenvalue weighted by atomic mass is 10.3. The van der Waals surface area contributed by atoms with Crippen molar-refractivity contribution in [1.29, 1.82) is 0 Å². The van der Waals surface area contributed by atoms with Crippen LogP contribution in [-0.4, -0.2) is 54.2 Å². The molecule has 0 saturated carbocycles. The van der Waals surface area contributed by atoms with E-state index in [0.29, 0.717) is 11.7 Å². The zero-order chi connectivity index (χ0) is 12.7. The fourth-order valence-corrected chi connectivity index (χ4v) is 1.97. The molecule has 0 unspecified atom stereocenters. The van der Waals surface area contributed by atoms with Crippen LogP contribution >= 0.6 is 11.6 Å². The Labute approximate surface area is 107 Å². The van der Waals surface area contributed by atoms with E-state index in [4.69, 9.17) is 11.6 Å². The third kappa shape index (κ3) is 4.88. The molecule has 0 amide bonds. The molecule has 1 aliphatic heterocycles. The molecule has 0 aromatic heterocycles. The first-order valence-corrected chi connectivity index (χ1v) is 6.29. The van der Waals surface area contributed by atoms with E-state index in [2.05, 4.69) is 23.1 Å². The van der Waals surface area contributed by atoms with Crippen molar-refractivity contribution in [2.75, 3.05) is 38.6 Å². The number of amidine groups is 1. The Bertz CT molecular complexity index is 296. The minimum Gasteiger partial charge on any atom is -0.354 e. The van der Waals surface area contributed by atoms with E-state index in [-0.39, 0.29) is 0 Å². The smallest absolute Gasteiger partial charge is 0.207 e. The monoisotopic (exact) mass is 259 g/mol. The molecule has 96 valence electrons. The van der Waals surface area contributed by atoms with Gasteiger partial charge < -0.3 is 4.90 Å². The van der Waals surface area contributed by atoms with Gasteiger partial charge in [0.1, 0.15) is 5.84 Å². The lowest BCUT2D eigenvalue weighted by Gasteiger charge is -2.35. The van der Waals surface area contributed by atoms with Crippen molar-refractivity contribution in [3.8, 4) is 0 Å². The highest BCUT2D eigenvalue weighted by Crippen LogP contribution is 2.07. The number of piperazine rings is 1. The Morgan fingerprint density at radius 2 is 2.00 bits per heavy atom. The van der Waals surface area contributed by atoms with Crippen LogP contribution in [0.15, 0.2) is 30.2 Å². The molecule has 0 spiro atoms. The highest BCUT2D eigenvalue weighted by molar-refractivity contribution is 6.17. The molecule has 5 heteroatoms. The summed E-state index contributed by atoms with van der Waals surface area (Å²) in [5.41, 5.74) is 0. The molecule has 0 aromatic carbocycles. The molecule has 0 aliphatic carbocycles.